The van der Waals surface area contributed by atoms with Crippen molar-refractivity contribution in [2.45, 2.75) is 25.8 Å². The maximum absolute atomic E-state index is 5.96. The summed E-state index contributed by atoms with van der Waals surface area (Å²) in [7, 11) is 0. The van der Waals surface area contributed by atoms with E-state index in [1.54, 1.807) is 6.20 Å². The summed E-state index contributed by atoms with van der Waals surface area (Å²) in [5, 5.41) is 0. The second-order valence-corrected chi connectivity index (χ2v) is 3.29. The van der Waals surface area contributed by atoms with Crippen molar-refractivity contribution in [3.8, 4) is 0 Å². The molecular formula is C11H18N2O. The molecule has 0 saturated carbocycles. The Hall–Kier alpha value is -0.930. The van der Waals surface area contributed by atoms with Gasteiger partial charge in [-0.25, -0.2) is 0 Å². The summed E-state index contributed by atoms with van der Waals surface area (Å²) in [6, 6.07) is 3.94. The minimum absolute atomic E-state index is 0.0422. The first-order valence-corrected chi connectivity index (χ1v) is 5.08. The molecule has 1 heterocycles. The quantitative estimate of drug-likeness (QED) is 0.703. The SMILES string of the molecule is CCCOCCC(N)c1cccnc1. The number of hydrogen-bond acceptors (Lipinski definition) is 3. The number of nitrogens with two attached hydrogens (primary N) is 1. The molecule has 0 aromatic carbocycles. The molecule has 1 atom stereocenters. The first-order chi connectivity index (χ1) is 6.84. The maximum atomic E-state index is 5.96. The van der Waals surface area contributed by atoms with Gasteiger partial charge in [0.2, 0.25) is 0 Å². The summed E-state index contributed by atoms with van der Waals surface area (Å²) in [4.78, 5) is 4.03. The van der Waals surface area contributed by atoms with Crippen LogP contribution in [0.4, 0.5) is 0 Å². The molecule has 0 aliphatic heterocycles. The summed E-state index contributed by atoms with van der Waals surface area (Å²) >= 11 is 0. The predicted octanol–water partition coefficient (Wildman–Crippen LogP) is 1.90. The molecular weight excluding hydrogens is 176 g/mol. The van der Waals surface area contributed by atoms with Crippen molar-refractivity contribution in [2.75, 3.05) is 13.2 Å². The van der Waals surface area contributed by atoms with E-state index < -0.39 is 0 Å². The van der Waals surface area contributed by atoms with Gasteiger partial charge in [-0.05, 0) is 24.5 Å². The second kappa shape index (κ2) is 6.51. The summed E-state index contributed by atoms with van der Waals surface area (Å²) in [6.45, 7) is 3.64. The third-order valence-electron chi connectivity index (χ3n) is 2.03. The van der Waals surface area contributed by atoms with Gasteiger partial charge in [-0.1, -0.05) is 13.0 Å². The monoisotopic (exact) mass is 194 g/mol. The van der Waals surface area contributed by atoms with E-state index >= 15 is 0 Å². The van der Waals surface area contributed by atoms with Crippen LogP contribution >= 0.6 is 0 Å². The van der Waals surface area contributed by atoms with Crippen LogP contribution < -0.4 is 5.73 Å². The van der Waals surface area contributed by atoms with Crippen molar-refractivity contribution >= 4 is 0 Å². The highest BCUT2D eigenvalue weighted by Crippen LogP contribution is 2.11. The van der Waals surface area contributed by atoms with Gasteiger partial charge in [-0.15, -0.1) is 0 Å². The van der Waals surface area contributed by atoms with Crippen LogP contribution in [0.3, 0.4) is 0 Å². The fourth-order valence-electron chi connectivity index (χ4n) is 1.22. The number of nitrogens with zero attached hydrogens (tertiary/aromatic N) is 1. The maximum Gasteiger partial charge on any atom is 0.0484 e. The van der Waals surface area contributed by atoms with Crippen LogP contribution in [0.2, 0.25) is 0 Å². The smallest absolute Gasteiger partial charge is 0.0484 e. The molecule has 0 amide bonds. The van der Waals surface area contributed by atoms with Crippen molar-refractivity contribution in [1.29, 1.82) is 0 Å². The average Bonchev–Trinajstić information content (AvgIpc) is 2.25. The van der Waals surface area contributed by atoms with Gasteiger partial charge in [0.25, 0.3) is 0 Å². The van der Waals surface area contributed by atoms with Crippen LogP contribution in [0.1, 0.15) is 31.4 Å². The number of hydrogen-bond donors (Lipinski definition) is 1. The molecule has 78 valence electrons. The Morgan fingerprint density at radius 2 is 2.36 bits per heavy atom. The molecule has 0 radical (unpaired) electrons. The first-order valence-electron chi connectivity index (χ1n) is 5.08. The third-order valence-corrected chi connectivity index (χ3v) is 2.03. The van der Waals surface area contributed by atoms with E-state index in [1.165, 1.54) is 0 Å². The fourth-order valence-corrected chi connectivity index (χ4v) is 1.22. The molecule has 3 heteroatoms. The van der Waals surface area contributed by atoms with Gasteiger partial charge >= 0.3 is 0 Å². The Morgan fingerprint density at radius 3 is 3.00 bits per heavy atom. The number of pyridine rings is 1. The van der Waals surface area contributed by atoms with Crippen molar-refractivity contribution in [3.63, 3.8) is 0 Å². The van der Waals surface area contributed by atoms with Gasteiger partial charge in [0, 0.05) is 31.6 Å². The number of aromatic nitrogens is 1. The Balaban J connectivity index is 2.25. The molecule has 0 aliphatic rings. The zero-order valence-corrected chi connectivity index (χ0v) is 8.65. The molecule has 0 bridgehead atoms. The lowest BCUT2D eigenvalue weighted by Crippen LogP contribution is -2.13. The van der Waals surface area contributed by atoms with Crippen molar-refractivity contribution in [1.82, 2.24) is 4.98 Å². The van der Waals surface area contributed by atoms with Gasteiger partial charge in [0.05, 0.1) is 0 Å². The fraction of sp³-hybridized carbons (Fsp3) is 0.545. The largest absolute Gasteiger partial charge is 0.381 e. The van der Waals surface area contributed by atoms with Gasteiger partial charge in [0.1, 0.15) is 0 Å². The summed E-state index contributed by atoms with van der Waals surface area (Å²) in [5.74, 6) is 0. The van der Waals surface area contributed by atoms with Crippen molar-refractivity contribution in [3.05, 3.63) is 30.1 Å². The first kappa shape index (κ1) is 11.1. The minimum Gasteiger partial charge on any atom is -0.381 e. The molecule has 1 unspecified atom stereocenters. The molecule has 1 aromatic heterocycles. The second-order valence-electron chi connectivity index (χ2n) is 3.29. The number of ether oxygens (including phenoxy) is 1. The molecule has 2 N–H and O–H groups in total. The Labute approximate surface area is 85.3 Å². The highest BCUT2D eigenvalue weighted by Gasteiger charge is 2.04. The summed E-state index contributed by atoms with van der Waals surface area (Å²) in [6.07, 6.45) is 5.47. The lowest BCUT2D eigenvalue weighted by Gasteiger charge is -2.11. The van der Waals surface area contributed by atoms with Gasteiger partial charge in [0.15, 0.2) is 0 Å². The van der Waals surface area contributed by atoms with Gasteiger partial charge in [-0.3, -0.25) is 4.98 Å². The third kappa shape index (κ3) is 3.85. The summed E-state index contributed by atoms with van der Waals surface area (Å²) < 4.78 is 5.37. The molecule has 3 nitrogen and oxygen atoms in total. The van der Waals surface area contributed by atoms with Crippen LogP contribution in [0.15, 0.2) is 24.5 Å². The van der Waals surface area contributed by atoms with E-state index in [-0.39, 0.29) is 6.04 Å². The summed E-state index contributed by atoms with van der Waals surface area (Å²) in [5.41, 5.74) is 7.03. The van der Waals surface area contributed by atoms with Crippen LogP contribution in [-0.2, 0) is 4.74 Å². The van der Waals surface area contributed by atoms with E-state index in [2.05, 4.69) is 11.9 Å². The molecule has 1 aromatic rings. The molecule has 14 heavy (non-hydrogen) atoms. The predicted molar refractivity (Wildman–Crippen MR) is 56.9 cm³/mol. The van der Waals surface area contributed by atoms with E-state index in [0.29, 0.717) is 0 Å². The van der Waals surface area contributed by atoms with Gasteiger partial charge in [-0.2, -0.15) is 0 Å². The topological polar surface area (TPSA) is 48.1 Å². The van der Waals surface area contributed by atoms with Crippen LogP contribution in [0.5, 0.6) is 0 Å². The van der Waals surface area contributed by atoms with Crippen LogP contribution in [0, 0.1) is 0 Å². The zero-order valence-electron chi connectivity index (χ0n) is 8.65. The zero-order chi connectivity index (χ0) is 10.2. The Bertz CT molecular complexity index is 238. The van der Waals surface area contributed by atoms with E-state index in [1.807, 2.05) is 18.3 Å². The molecule has 0 spiro atoms. The Kier molecular flexibility index (Phi) is 5.19. The van der Waals surface area contributed by atoms with Crippen molar-refractivity contribution < 1.29 is 4.74 Å². The van der Waals surface area contributed by atoms with E-state index in [0.717, 1.165) is 31.6 Å². The highest BCUT2D eigenvalue weighted by molar-refractivity contribution is 5.12. The highest BCUT2D eigenvalue weighted by atomic mass is 16.5. The normalized spacial score (nSPS) is 12.7. The minimum atomic E-state index is 0.0422. The van der Waals surface area contributed by atoms with Crippen LogP contribution in [0.25, 0.3) is 0 Å². The Morgan fingerprint density at radius 1 is 1.50 bits per heavy atom. The standard InChI is InChI=1S/C11H18N2O/c1-2-7-14-8-5-11(12)10-4-3-6-13-9-10/h3-4,6,9,11H,2,5,7-8,12H2,1H3. The molecule has 0 fully saturated rings. The number of rotatable bonds is 6. The van der Waals surface area contributed by atoms with E-state index in [9.17, 15) is 0 Å². The molecule has 1 rings (SSSR count). The molecule has 0 saturated heterocycles. The lowest BCUT2D eigenvalue weighted by molar-refractivity contribution is 0.128. The molecule has 0 aliphatic carbocycles. The van der Waals surface area contributed by atoms with E-state index in [4.69, 9.17) is 10.5 Å². The lowest BCUT2D eigenvalue weighted by atomic mass is 10.1. The average molecular weight is 194 g/mol. The van der Waals surface area contributed by atoms with Gasteiger partial charge < -0.3 is 10.5 Å². The van der Waals surface area contributed by atoms with Crippen molar-refractivity contribution in [2.24, 2.45) is 5.73 Å². The van der Waals surface area contributed by atoms with Crippen LogP contribution in [-0.4, -0.2) is 18.2 Å².